The van der Waals surface area contributed by atoms with Crippen molar-refractivity contribution >= 4 is 27.9 Å². The summed E-state index contributed by atoms with van der Waals surface area (Å²) in [6, 6.07) is 6.93. The standard InChI is InChI=1S/C16H10F3N5O2S/c17-16(18,19)11-6-27-15-13(20-7-24(11)15)22-12(25)5-9-1-3-10(4-2-9)14-23-21-8-26-14/h1-4,6-8H,5H2,(H,22,25). The smallest absolute Gasteiger partial charge is 0.423 e. The number of alkyl halides is 3. The summed E-state index contributed by atoms with van der Waals surface area (Å²) in [5, 5.41) is 10.9. The topological polar surface area (TPSA) is 85.3 Å². The van der Waals surface area contributed by atoms with Gasteiger partial charge in [-0.3, -0.25) is 9.20 Å². The van der Waals surface area contributed by atoms with E-state index in [1.807, 2.05) is 0 Å². The zero-order valence-corrected chi connectivity index (χ0v) is 14.2. The van der Waals surface area contributed by atoms with Crippen LogP contribution in [0.15, 0.2) is 46.8 Å². The fourth-order valence-corrected chi connectivity index (χ4v) is 3.45. The largest absolute Gasteiger partial charge is 0.432 e. The van der Waals surface area contributed by atoms with Crippen molar-refractivity contribution < 1.29 is 22.4 Å². The summed E-state index contributed by atoms with van der Waals surface area (Å²) in [7, 11) is 0. The molecule has 7 nitrogen and oxygen atoms in total. The van der Waals surface area contributed by atoms with Crippen molar-refractivity contribution in [3.05, 3.63) is 53.6 Å². The number of amides is 1. The summed E-state index contributed by atoms with van der Waals surface area (Å²) in [5.74, 6) is 0.0793. The second-order valence-electron chi connectivity index (χ2n) is 5.55. The fraction of sp³-hybridized carbons (Fsp3) is 0.125. The van der Waals surface area contributed by atoms with Crippen LogP contribution in [0.2, 0.25) is 0 Å². The molecule has 0 atom stereocenters. The van der Waals surface area contributed by atoms with Gasteiger partial charge in [-0.25, -0.2) is 4.98 Å². The van der Waals surface area contributed by atoms with E-state index in [1.54, 1.807) is 24.3 Å². The molecule has 1 amide bonds. The van der Waals surface area contributed by atoms with E-state index in [4.69, 9.17) is 4.42 Å². The van der Waals surface area contributed by atoms with Crippen molar-refractivity contribution in [3.8, 4) is 11.5 Å². The lowest BCUT2D eigenvalue weighted by atomic mass is 10.1. The SMILES string of the molecule is O=C(Cc1ccc(-c2nnco2)cc1)Nc1ncn2c(C(F)(F)F)csc12. The molecular formula is C16H10F3N5O2S. The Morgan fingerprint density at radius 2 is 2.04 bits per heavy atom. The highest BCUT2D eigenvalue weighted by Crippen LogP contribution is 2.34. The molecule has 138 valence electrons. The van der Waals surface area contributed by atoms with Crippen LogP contribution in [0.5, 0.6) is 0 Å². The van der Waals surface area contributed by atoms with Gasteiger partial charge < -0.3 is 9.73 Å². The molecule has 0 bridgehead atoms. The van der Waals surface area contributed by atoms with Crippen LogP contribution in [0, 0.1) is 0 Å². The van der Waals surface area contributed by atoms with Gasteiger partial charge in [0.15, 0.2) is 5.82 Å². The molecule has 0 aliphatic carbocycles. The number of nitrogens with one attached hydrogen (secondary N) is 1. The van der Waals surface area contributed by atoms with E-state index in [0.29, 0.717) is 17.0 Å². The molecule has 11 heteroatoms. The van der Waals surface area contributed by atoms with Gasteiger partial charge in [0.05, 0.1) is 6.42 Å². The summed E-state index contributed by atoms with van der Waals surface area (Å²) in [6.45, 7) is 0. The van der Waals surface area contributed by atoms with E-state index in [1.165, 1.54) is 6.39 Å². The zero-order valence-electron chi connectivity index (χ0n) is 13.4. The molecule has 4 rings (SSSR count). The van der Waals surface area contributed by atoms with Gasteiger partial charge in [-0.1, -0.05) is 12.1 Å². The highest BCUT2D eigenvalue weighted by molar-refractivity contribution is 7.16. The Labute approximate surface area is 153 Å². The van der Waals surface area contributed by atoms with Gasteiger partial charge in [-0.2, -0.15) is 13.2 Å². The second-order valence-corrected chi connectivity index (χ2v) is 6.41. The first-order valence-electron chi connectivity index (χ1n) is 7.59. The van der Waals surface area contributed by atoms with E-state index in [2.05, 4.69) is 20.5 Å². The summed E-state index contributed by atoms with van der Waals surface area (Å²) in [5.41, 5.74) is 0.603. The summed E-state index contributed by atoms with van der Waals surface area (Å²) in [6.07, 6.45) is -2.18. The van der Waals surface area contributed by atoms with Crippen molar-refractivity contribution in [2.24, 2.45) is 0 Å². The number of carbonyl (C=O) groups is 1. The lowest BCUT2D eigenvalue weighted by Gasteiger charge is -2.04. The van der Waals surface area contributed by atoms with Gasteiger partial charge in [0, 0.05) is 10.9 Å². The number of rotatable bonds is 4. The summed E-state index contributed by atoms with van der Waals surface area (Å²) >= 11 is 0.865. The predicted octanol–water partition coefficient (Wildman–Crippen LogP) is 3.65. The van der Waals surface area contributed by atoms with Crippen LogP contribution in [-0.4, -0.2) is 25.5 Å². The quantitative estimate of drug-likeness (QED) is 0.572. The molecule has 3 heterocycles. The van der Waals surface area contributed by atoms with Gasteiger partial charge in [0.1, 0.15) is 16.9 Å². The van der Waals surface area contributed by atoms with Gasteiger partial charge in [-0.15, -0.1) is 21.5 Å². The van der Waals surface area contributed by atoms with Crippen LogP contribution in [-0.2, 0) is 17.4 Å². The third-order valence-corrected chi connectivity index (χ3v) is 4.69. The van der Waals surface area contributed by atoms with Crippen LogP contribution in [0.4, 0.5) is 19.0 Å². The Bertz CT molecular complexity index is 1080. The number of thiazole rings is 1. The van der Waals surface area contributed by atoms with E-state index in [-0.39, 0.29) is 23.0 Å². The molecule has 0 spiro atoms. The van der Waals surface area contributed by atoms with Crippen molar-refractivity contribution in [3.63, 3.8) is 0 Å². The van der Waals surface area contributed by atoms with Gasteiger partial charge in [0.25, 0.3) is 0 Å². The molecule has 1 aromatic carbocycles. The Hall–Kier alpha value is -3.21. The van der Waals surface area contributed by atoms with Crippen molar-refractivity contribution in [2.45, 2.75) is 12.6 Å². The maximum absolute atomic E-state index is 12.9. The van der Waals surface area contributed by atoms with Crippen LogP contribution in [0.1, 0.15) is 11.3 Å². The lowest BCUT2D eigenvalue weighted by molar-refractivity contribution is -0.141. The number of fused-ring (bicyclic) bond motifs is 1. The molecule has 3 aromatic heterocycles. The minimum absolute atomic E-state index is 0.0423. The van der Waals surface area contributed by atoms with Crippen LogP contribution in [0.25, 0.3) is 16.3 Å². The number of nitrogens with zero attached hydrogens (tertiary/aromatic N) is 4. The molecular weight excluding hydrogens is 383 g/mol. The summed E-state index contributed by atoms with van der Waals surface area (Å²) < 4.78 is 44.7. The normalized spacial score (nSPS) is 11.8. The van der Waals surface area contributed by atoms with E-state index in [0.717, 1.165) is 27.4 Å². The molecule has 0 saturated heterocycles. The Kier molecular flexibility index (Phi) is 4.15. The first-order valence-corrected chi connectivity index (χ1v) is 8.47. The van der Waals surface area contributed by atoms with Crippen molar-refractivity contribution in [1.29, 1.82) is 0 Å². The van der Waals surface area contributed by atoms with Gasteiger partial charge in [0.2, 0.25) is 18.2 Å². The van der Waals surface area contributed by atoms with E-state index >= 15 is 0 Å². The molecule has 0 fully saturated rings. The van der Waals surface area contributed by atoms with E-state index < -0.39 is 11.9 Å². The molecule has 4 aromatic rings. The third kappa shape index (κ3) is 3.40. The highest BCUT2D eigenvalue weighted by atomic mass is 32.1. The van der Waals surface area contributed by atoms with Crippen molar-refractivity contribution in [2.75, 3.05) is 5.32 Å². The molecule has 27 heavy (non-hydrogen) atoms. The van der Waals surface area contributed by atoms with Crippen LogP contribution < -0.4 is 5.32 Å². The molecule has 0 unspecified atom stereocenters. The first kappa shape index (κ1) is 17.2. The van der Waals surface area contributed by atoms with Gasteiger partial charge in [-0.05, 0) is 17.7 Å². The minimum Gasteiger partial charge on any atom is -0.423 e. The number of hydrogen-bond acceptors (Lipinski definition) is 6. The van der Waals surface area contributed by atoms with E-state index in [9.17, 15) is 18.0 Å². The monoisotopic (exact) mass is 393 g/mol. The number of imidazole rings is 1. The predicted molar refractivity (Wildman–Crippen MR) is 90.1 cm³/mol. The van der Waals surface area contributed by atoms with Crippen LogP contribution >= 0.6 is 11.3 Å². The molecule has 1 N–H and O–H groups in total. The number of hydrogen-bond donors (Lipinski definition) is 1. The number of halogens is 3. The average molecular weight is 393 g/mol. The Morgan fingerprint density at radius 1 is 1.26 bits per heavy atom. The maximum Gasteiger partial charge on any atom is 0.432 e. The van der Waals surface area contributed by atoms with Crippen LogP contribution in [0.3, 0.4) is 0 Å². The number of benzene rings is 1. The third-order valence-electron chi connectivity index (χ3n) is 3.74. The summed E-state index contributed by atoms with van der Waals surface area (Å²) in [4.78, 5) is 16.3. The molecule has 0 aliphatic heterocycles. The molecule has 0 aliphatic rings. The number of anilines is 1. The Morgan fingerprint density at radius 3 is 2.70 bits per heavy atom. The zero-order chi connectivity index (χ0) is 19.0. The number of aromatic nitrogens is 4. The maximum atomic E-state index is 12.9. The van der Waals surface area contributed by atoms with Gasteiger partial charge >= 0.3 is 6.18 Å². The van der Waals surface area contributed by atoms with Crippen molar-refractivity contribution in [1.82, 2.24) is 19.6 Å². The highest BCUT2D eigenvalue weighted by Gasteiger charge is 2.35. The number of carbonyl (C=O) groups excluding carboxylic acids is 1. The average Bonchev–Trinajstić information content (AvgIpc) is 3.33. The lowest BCUT2D eigenvalue weighted by Crippen LogP contribution is -2.14. The first-order chi connectivity index (χ1) is 12.9. The Balaban J connectivity index is 1.47. The molecule has 0 radical (unpaired) electrons. The minimum atomic E-state index is -4.49. The second kappa shape index (κ2) is 6.50. The molecule has 0 saturated carbocycles. The fourth-order valence-electron chi connectivity index (χ4n) is 2.50.